The van der Waals surface area contributed by atoms with E-state index < -0.39 is 0 Å². The second-order valence-corrected chi connectivity index (χ2v) is 8.53. The molecule has 0 bridgehead atoms. The van der Waals surface area contributed by atoms with Crippen molar-refractivity contribution in [2.45, 2.75) is 59.9 Å². The molecule has 0 saturated carbocycles. The van der Waals surface area contributed by atoms with Crippen LogP contribution in [0.2, 0.25) is 0 Å². The van der Waals surface area contributed by atoms with Gasteiger partial charge in [0.15, 0.2) is 0 Å². The van der Waals surface area contributed by atoms with Crippen LogP contribution in [0.25, 0.3) is 10.9 Å². The lowest BCUT2D eigenvalue weighted by Gasteiger charge is -2.26. The van der Waals surface area contributed by atoms with E-state index in [1.54, 1.807) is 23.7 Å². The van der Waals surface area contributed by atoms with Gasteiger partial charge in [0.2, 0.25) is 5.95 Å². The monoisotopic (exact) mass is 438 g/mol. The van der Waals surface area contributed by atoms with Gasteiger partial charge in [0.25, 0.3) is 5.56 Å². The molecule has 32 heavy (non-hydrogen) atoms. The molecular formula is C26H35FN4O. The Morgan fingerprint density at radius 1 is 1.12 bits per heavy atom. The van der Waals surface area contributed by atoms with Gasteiger partial charge >= 0.3 is 0 Å². The molecule has 3 rings (SSSR count). The number of nitrogens with zero attached hydrogens (tertiary/aromatic N) is 3. The molecule has 3 aromatic rings. The summed E-state index contributed by atoms with van der Waals surface area (Å²) in [7, 11) is 1.80. The first-order chi connectivity index (χ1) is 15.3. The van der Waals surface area contributed by atoms with E-state index in [4.69, 9.17) is 4.98 Å². The van der Waals surface area contributed by atoms with E-state index in [0.717, 1.165) is 60.2 Å². The summed E-state index contributed by atoms with van der Waals surface area (Å²) in [6.07, 6.45) is 2.70. The maximum absolute atomic E-state index is 13.7. The Bertz CT molecular complexity index is 1150. The van der Waals surface area contributed by atoms with Gasteiger partial charge in [-0.25, -0.2) is 9.37 Å². The van der Waals surface area contributed by atoms with E-state index in [1.807, 2.05) is 19.9 Å². The Morgan fingerprint density at radius 2 is 1.81 bits per heavy atom. The third-order valence-electron chi connectivity index (χ3n) is 5.89. The van der Waals surface area contributed by atoms with E-state index in [-0.39, 0.29) is 17.4 Å². The summed E-state index contributed by atoms with van der Waals surface area (Å²) < 4.78 is 15.4. The zero-order chi connectivity index (χ0) is 23.4. The average Bonchev–Trinajstić information content (AvgIpc) is 2.77. The molecule has 0 aliphatic heterocycles. The van der Waals surface area contributed by atoms with E-state index in [2.05, 4.69) is 37.1 Å². The Hall–Kier alpha value is -2.89. The number of hydrogen-bond acceptors (Lipinski definition) is 4. The second kappa shape index (κ2) is 10.2. The summed E-state index contributed by atoms with van der Waals surface area (Å²) >= 11 is 0. The van der Waals surface area contributed by atoms with Crippen molar-refractivity contribution in [3.05, 3.63) is 63.2 Å². The van der Waals surface area contributed by atoms with Gasteiger partial charge in [-0.15, -0.1) is 0 Å². The van der Waals surface area contributed by atoms with Crippen LogP contribution in [0.1, 0.15) is 63.3 Å². The highest BCUT2D eigenvalue weighted by Gasteiger charge is 2.19. The smallest absolute Gasteiger partial charge is 0.262 e. The molecule has 0 saturated heterocycles. The van der Waals surface area contributed by atoms with Crippen LogP contribution in [0.15, 0.2) is 35.1 Å². The molecule has 0 aliphatic carbocycles. The van der Waals surface area contributed by atoms with Gasteiger partial charge in [-0.2, -0.15) is 0 Å². The number of benzene rings is 2. The van der Waals surface area contributed by atoms with Crippen LogP contribution in [-0.2, 0) is 13.5 Å². The molecule has 0 amide bonds. The molecule has 1 atom stereocenters. The lowest BCUT2D eigenvalue weighted by atomic mass is 10.0. The molecule has 1 heterocycles. The fourth-order valence-corrected chi connectivity index (χ4v) is 4.31. The van der Waals surface area contributed by atoms with Crippen LogP contribution in [-0.4, -0.2) is 22.6 Å². The molecule has 0 radical (unpaired) electrons. The fraction of sp³-hybridized carbons (Fsp3) is 0.462. The van der Waals surface area contributed by atoms with E-state index in [9.17, 15) is 9.18 Å². The first kappa shape index (κ1) is 23.8. The van der Waals surface area contributed by atoms with Crippen LogP contribution >= 0.6 is 0 Å². The number of fused-ring (bicyclic) bond motifs is 1. The highest BCUT2D eigenvalue weighted by Crippen LogP contribution is 2.29. The number of aryl methyl sites for hydroxylation is 2. The van der Waals surface area contributed by atoms with Crippen LogP contribution in [0.5, 0.6) is 0 Å². The predicted molar refractivity (Wildman–Crippen MR) is 132 cm³/mol. The van der Waals surface area contributed by atoms with Crippen molar-refractivity contribution in [1.82, 2.24) is 9.55 Å². The number of nitrogens with one attached hydrogen (secondary N) is 1. The van der Waals surface area contributed by atoms with E-state index in [0.29, 0.717) is 11.3 Å². The van der Waals surface area contributed by atoms with Crippen molar-refractivity contribution in [2.24, 2.45) is 7.05 Å². The number of anilines is 2. The minimum atomic E-state index is -0.234. The third kappa shape index (κ3) is 4.79. The third-order valence-corrected chi connectivity index (χ3v) is 5.89. The molecule has 1 aromatic heterocycles. The van der Waals surface area contributed by atoms with Crippen molar-refractivity contribution in [3.8, 4) is 0 Å². The topological polar surface area (TPSA) is 50.2 Å². The minimum absolute atomic E-state index is 0.0321. The summed E-state index contributed by atoms with van der Waals surface area (Å²) in [6, 6.07) is 8.74. The Morgan fingerprint density at radius 3 is 2.44 bits per heavy atom. The van der Waals surface area contributed by atoms with Crippen molar-refractivity contribution >= 4 is 22.5 Å². The lowest BCUT2D eigenvalue weighted by Crippen LogP contribution is -2.33. The molecule has 5 nitrogen and oxygen atoms in total. The zero-order valence-electron chi connectivity index (χ0n) is 20.1. The standard InChI is InChI=1S/C26H35FN4O/c1-7-12-31(13-8-2)26-29-24-21(14-17(4)15-22(24)25(32)30(26)6)18(5)28-23-11-10-20(27)16-19(23)9-3/h10-11,14-16,18,28H,7-9,12-13H2,1-6H3. The van der Waals surface area contributed by atoms with Gasteiger partial charge in [0.05, 0.1) is 16.9 Å². The van der Waals surface area contributed by atoms with Gasteiger partial charge in [-0.05, 0) is 68.5 Å². The number of hydrogen-bond donors (Lipinski definition) is 1. The van der Waals surface area contributed by atoms with Crippen molar-refractivity contribution < 1.29 is 4.39 Å². The summed E-state index contributed by atoms with van der Waals surface area (Å²) in [6.45, 7) is 12.0. The Kier molecular flexibility index (Phi) is 7.54. The average molecular weight is 439 g/mol. The van der Waals surface area contributed by atoms with Gasteiger partial charge < -0.3 is 10.2 Å². The minimum Gasteiger partial charge on any atom is -0.378 e. The summed E-state index contributed by atoms with van der Waals surface area (Å²) in [5, 5.41) is 4.16. The van der Waals surface area contributed by atoms with Crippen molar-refractivity contribution in [3.63, 3.8) is 0 Å². The second-order valence-electron chi connectivity index (χ2n) is 8.53. The molecule has 172 valence electrons. The lowest BCUT2D eigenvalue weighted by molar-refractivity contribution is 0.625. The normalized spacial score (nSPS) is 12.2. The number of rotatable bonds is 9. The Balaban J connectivity index is 2.15. The zero-order valence-corrected chi connectivity index (χ0v) is 20.1. The fourth-order valence-electron chi connectivity index (χ4n) is 4.31. The SMILES string of the molecule is CCCN(CCC)c1nc2c(C(C)Nc3ccc(F)cc3CC)cc(C)cc2c(=O)n1C. The van der Waals surface area contributed by atoms with Crippen LogP contribution in [0.3, 0.4) is 0 Å². The molecule has 0 aliphatic rings. The first-order valence-corrected chi connectivity index (χ1v) is 11.6. The van der Waals surface area contributed by atoms with Crippen LogP contribution < -0.4 is 15.8 Å². The highest BCUT2D eigenvalue weighted by molar-refractivity contribution is 5.84. The summed E-state index contributed by atoms with van der Waals surface area (Å²) in [4.78, 5) is 20.5. The maximum Gasteiger partial charge on any atom is 0.262 e. The molecule has 1 unspecified atom stereocenters. The number of aromatic nitrogens is 2. The summed E-state index contributed by atoms with van der Waals surface area (Å²) in [5.41, 5.74) is 4.51. The molecular weight excluding hydrogens is 403 g/mol. The highest BCUT2D eigenvalue weighted by atomic mass is 19.1. The van der Waals surface area contributed by atoms with E-state index in [1.165, 1.54) is 6.07 Å². The molecule has 1 N–H and O–H groups in total. The number of halogens is 1. The Labute approximate surface area is 190 Å². The maximum atomic E-state index is 13.7. The van der Waals surface area contributed by atoms with Crippen LogP contribution in [0.4, 0.5) is 16.0 Å². The molecule has 0 fully saturated rings. The molecule has 0 spiro atoms. The molecule has 2 aromatic carbocycles. The van der Waals surface area contributed by atoms with Crippen molar-refractivity contribution in [2.75, 3.05) is 23.3 Å². The largest absolute Gasteiger partial charge is 0.378 e. The van der Waals surface area contributed by atoms with Crippen molar-refractivity contribution in [1.29, 1.82) is 0 Å². The first-order valence-electron chi connectivity index (χ1n) is 11.6. The van der Waals surface area contributed by atoms with Gasteiger partial charge in [0, 0.05) is 31.4 Å². The molecule has 6 heteroatoms. The van der Waals surface area contributed by atoms with E-state index >= 15 is 0 Å². The summed E-state index contributed by atoms with van der Waals surface area (Å²) in [5.74, 6) is 0.474. The van der Waals surface area contributed by atoms with Gasteiger partial charge in [-0.3, -0.25) is 9.36 Å². The predicted octanol–water partition coefficient (Wildman–Crippen LogP) is 5.74. The van der Waals surface area contributed by atoms with Gasteiger partial charge in [0.1, 0.15) is 5.82 Å². The van der Waals surface area contributed by atoms with Crippen LogP contribution in [0, 0.1) is 12.7 Å². The quantitative estimate of drug-likeness (QED) is 0.463. The van der Waals surface area contributed by atoms with Gasteiger partial charge in [-0.1, -0.05) is 26.8 Å².